The van der Waals surface area contributed by atoms with E-state index >= 15 is 0 Å². The summed E-state index contributed by atoms with van der Waals surface area (Å²) in [6, 6.07) is 8.37. The lowest BCUT2D eigenvalue weighted by molar-refractivity contribution is -0.184. The van der Waals surface area contributed by atoms with Crippen molar-refractivity contribution in [3.63, 3.8) is 0 Å². The summed E-state index contributed by atoms with van der Waals surface area (Å²) in [7, 11) is 0. The number of nitrogens with one attached hydrogen (secondary N) is 1. The summed E-state index contributed by atoms with van der Waals surface area (Å²) in [6.45, 7) is 0.151. The first-order valence-electron chi connectivity index (χ1n) is 9.90. The van der Waals surface area contributed by atoms with Gasteiger partial charge in [-0.05, 0) is 48.9 Å². The van der Waals surface area contributed by atoms with Gasteiger partial charge in [0.05, 0.1) is 11.4 Å². The van der Waals surface area contributed by atoms with Crippen LogP contribution in [0.2, 0.25) is 0 Å². The van der Waals surface area contributed by atoms with Gasteiger partial charge in [0.15, 0.2) is 0 Å². The topological polar surface area (TPSA) is 55.9 Å². The van der Waals surface area contributed by atoms with Crippen LogP contribution in [0.25, 0.3) is 0 Å². The lowest BCUT2D eigenvalue weighted by atomic mass is 10.1. The number of hydrogen-bond donors (Lipinski definition) is 1. The second-order valence-electron chi connectivity index (χ2n) is 7.60. The molecule has 0 spiro atoms. The first kappa shape index (κ1) is 21.8. The van der Waals surface area contributed by atoms with Crippen molar-refractivity contribution >= 4 is 29.0 Å². The molecule has 1 atom stereocenters. The molecule has 0 unspecified atom stereocenters. The largest absolute Gasteiger partial charge is 0.471 e. The summed E-state index contributed by atoms with van der Waals surface area (Å²) in [5, 5.41) is 2.67. The molecule has 2 heterocycles. The summed E-state index contributed by atoms with van der Waals surface area (Å²) in [5.41, 5.74) is 1.43. The SMILES string of the molecule is O=C(N[C@@H]1CCN(C(=O)C(F)(F)F)C1)N1CCN(c2ccc(F)cc2)c2cc(F)ccc21. The minimum atomic E-state index is -4.96. The zero-order valence-electron chi connectivity index (χ0n) is 16.7. The van der Waals surface area contributed by atoms with Crippen LogP contribution in [0.5, 0.6) is 0 Å². The van der Waals surface area contributed by atoms with Crippen LogP contribution in [0, 0.1) is 11.6 Å². The van der Waals surface area contributed by atoms with Crippen LogP contribution in [0.4, 0.5) is 43.8 Å². The van der Waals surface area contributed by atoms with Crippen molar-refractivity contribution < 1.29 is 31.5 Å². The Hall–Kier alpha value is -3.37. The predicted molar refractivity (Wildman–Crippen MR) is 107 cm³/mol. The van der Waals surface area contributed by atoms with Crippen molar-refractivity contribution in [2.45, 2.75) is 18.6 Å². The van der Waals surface area contributed by atoms with E-state index in [1.165, 1.54) is 35.2 Å². The number of anilines is 3. The number of fused-ring (bicyclic) bond motifs is 1. The van der Waals surface area contributed by atoms with Gasteiger partial charge in [-0.3, -0.25) is 9.69 Å². The highest BCUT2D eigenvalue weighted by Gasteiger charge is 2.45. The number of halogens is 5. The first-order valence-corrected chi connectivity index (χ1v) is 9.90. The van der Waals surface area contributed by atoms with E-state index in [-0.39, 0.29) is 26.1 Å². The van der Waals surface area contributed by atoms with Gasteiger partial charge in [-0.15, -0.1) is 0 Å². The molecule has 2 aliphatic heterocycles. The second-order valence-corrected chi connectivity index (χ2v) is 7.60. The number of amides is 3. The summed E-state index contributed by atoms with van der Waals surface area (Å²) in [5.74, 6) is -2.86. The van der Waals surface area contributed by atoms with Crippen LogP contribution < -0.4 is 15.1 Å². The lowest BCUT2D eigenvalue weighted by Crippen LogP contribution is -2.51. The quantitative estimate of drug-likeness (QED) is 0.703. The van der Waals surface area contributed by atoms with Gasteiger partial charge >= 0.3 is 18.1 Å². The molecule has 6 nitrogen and oxygen atoms in total. The second kappa shape index (κ2) is 8.29. The maximum absolute atomic E-state index is 14.0. The summed E-state index contributed by atoms with van der Waals surface area (Å²) in [6.07, 6.45) is -4.77. The zero-order valence-corrected chi connectivity index (χ0v) is 16.7. The maximum atomic E-state index is 14.0. The van der Waals surface area contributed by atoms with Gasteiger partial charge in [0.2, 0.25) is 0 Å². The van der Waals surface area contributed by atoms with Crippen LogP contribution >= 0.6 is 0 Å². The Kier molecular flexibility index (Phi) is 5.66. The molecule has 32 heavy (non-hydrogen) atoms. The lowest BCUT2D eigenvalue weighted by Gasteiger charge is -2.38. The Morgan fingerprint density at radius 1 is 0.906 bits per heavy atom. The molecule has 11 heteroatoms. The number of likely N-dealkylation sites (tertiary alicyclic amines) is 1. The van der Waals surface area contributed by atoms with E-state index in [2.05, 4.69) is 5.32 Å². The van der Waals surface area contributed by atoms with Crippen LogP contribution in [-0.4, -0.2) is 55.2 Å². The maximum Gasteiger partial charge on any atom is 0.471 e. The summed E-state index contributed by atoms with van der Waals surface area (Å²) >= 11 is 0. The molecule has 1 fully saturated rings. The van der Waals surface area contributed by atoms with Crippen molar-refractivity contribution in [3.8, 4) is 0 Å². The molecule has 0 saturated carbocycles. The fourth-order valence-electron chi connectivity index (χ4n) is 3.98. The highest BCUT2D eigenvalue weighted by atomic mass is 19.4. The fraction of sp³-hybridized carbons (Fsp3) is 0.333. The van der Waals surface area contributed by atoms with Gasteiger partial charge in [-0.2, -0.15) is 13.2 Å². The van der Waals surface area contributed by atoms with Gasteiger partial charge in [0.1, 0.15) is 11.6 Å². The highest BCUT2D eigenvalue weighted by molar-refractivity contribution is 5.98. The minimum absolute atomic E-state index is 0.108. The Labute approximate surface area is 180 Å². The summed E-state index contributed by atoms with van der Waals surface area (Å²) in [4.78, 5) is 28.1. The molecule has 2 aromatic rings. The highest BCUT2D eigenvalue weighted by Crippen LogP contribution is 2.38. The smallest absolute Gasteiger partial charge is 0.338 e. The number of urea groups is 1. The van der Waals surface area contributed by atoms with E-state index in [1.807, 2.05) is 0 Å². The van der Waals surface area contributed by atoms with E-state index in [9.17, 15) is 31.5 Å². The number of hydrogen-bond acceptors (Lipinski definition) is 3. The zero-order chi connectivity index (χ0) is 23.0. The van der Waals surface area contributed by atoms with Crippen molar-refractivity contribution in [2.24, 2.45) is 0 Å². The molecular weight excluding hydrogens is 435 g/mol. The average molecular weight is 454 g/mol. The van der Waals surface area contributed by atoms with Gasteiger partial charge in [0, 0.05) is 37.9 Å². The molecule has 0 aliphatic carbocycles. The number of nitrogens with zero attached hydrogens (tertiary/aromatic N) is 3. The third-order valence-electron chi connectivity index (χ3n) is 5.50. The number of rotatable bonds is 2. The van der Waals surface area contributed by atoms with Gasteiger partial charge < -0.3 is 15.1 Å². The molecular formula is C21H19F5N4O2. The molecule has 0 aromatic heterocycles. The van der Waals surface area contributed by atoms with Crippen LogP contribution in [-0.2, 0) is 4.79 Å². The Morgan fingerprint density at radius 3 is 2.28 bits per heavy atom. The third kappa shape index (κ3) is 4.32. The number of alkyl halides is 3. The van der Waals surface area contributed by atoms with Crippen molar-refractivity contribution in [3.05, 3.63) is 54.1 Å². The fourth-order valence-corrected chi connectivity index (χ4v) is 3.98. The normalized spacial score (nSPS) is 18.5. The Balaban J connectivity index is 1.50. The van der Waals surface area contributed by atoms with Crippen LogP contribution in [0.1, 0.15) is 6.42 Å². The van der Waals surface area contributed by atoms with E-state index in [1.54, 1.807) is 17.0 Å². The van der Waals surface area contributed by atoms with Gasteiger partial charge in [0.25, 0.3) is 0 Å². The summed E-state index contributed by atoms with van der Waals surface area (Å²) < 4.78 is 65.2. The first-order chi connectivity index (χ1) is 15.1. The van der Waals surface area contributed by atoms with Crippen molar-refractivity contribution in [1.29, 1.82) is 0 Å². The average Bonchev–Trinajstić information content (AvgIpc) is 3.20. The van der Waals surface area contributed by atoms with E-state index in [4.69, 9.17) is 0 Å². The molecule has 0 radical (unpaired) electrons. The minimum Gasteiger partial charge on any atom is -0.338 e. The molecule has 2 aromatic carbocycles. The Morgan fingerprint density at radius 2 is 1.59 bits per heavy atom. The molecule has 1 saturated heterocycles. The number of carbonyl (C=O) groups excluding carboxylic acids is 2. The Bertz CT molecular complexity index is 1030. The molecule has 170 valence electrons. The molecule has 1 N–H and O–H groups in total. The van der Waals surface area contributed by atoms with E-state index in [0.717, 1.165) is 0 Å². The molecule has 0 bridgehead atoms. The molecule has 3 amide bonds. The number of benzene rings is 2. The van der Waals surface area contributed by atoms with Crippen LogP contribution in [0.3, 0.4) is 0 Å². The molecule has 4 rings (SSSR count). The molecule has 2 aliphatic rings. The van der Waals surface area contributed by atoms with E-state index < -0.39 is 35.8 Å². The monoisotopic (exact) mass is 454 g/mol. The van der Waals surface area contributed by atoms with Crippen molar-refractivity contribution in [2.75, 3.05) is 36.0 Å². The number of carbonyl (C=O) groups is 2. The van der Waals surface area contributed by atoms with Crippen molar-refractivity contribution in [1.82, 2.24) is 10.2 Å². The van der Waals surface area contributed by atoms with Gasteiger partial charge in [-0.1, -0.05) is 0 Å². The van der Waals surface area contributed by atoms with E-state index in [0.29, 0.717) is 28.5 Å². The van der Waals surface area contributed by atoms with Crippen LogP contribution in [0.15, 0.2) is 42.5 Å². The third-order valence-corrected chi connectivity index (χ3v) is 5.50. The van der Waals surface area contributed by atoms with Gasteiger partial charge in [-0.25, -0.2) is 13.6 Å². The predicted octanol–water partition coefficient (Wildman–Crippen LogP) is 3.80. The standard InChI is InChI=1S/C21H19F5N4O2/c22-13-1-4-16(5-2-13)29-9-10-30(17-6-3-14(23)11-18(17)29)20(32)27-15-7-8-28(12-15)19(31)21(24,25)26/h1-6,11,15H,7-10,12H2,(H,27,32)/t15-/m1/s1.